The number of amides is 2. The van der Waals surface area contributed by atoms with Crippen LogP contribution >= 0.6 is 0 Å². The lowest BCUT2D eigenvalue weighted by Crippen LogP contribution is -2.46. The molecule has 2 amide bonds. The molecule has 0 saturated carbocycles. The van der Waals surface area contributed by atoms with Gasteiger partial charge in [0.25, 0.3) is 11.8 Å². The monoisotopic (exact) mass is 445 g/mol. The first kappa shape index (κ1) is 21.5. The van der Waals surface area contributed by atoms with Crippen molar-refractivity contribution in [3.63, 3.8) is 0 Å². The lowest BCUT2D eigenvalue weighted by atomic mass is 10.1. The molecular weight excluding hydrogens is 418 g/mol. The summed E-state index contributed by atoms with van der Waals surface area (Å²) in [5.41, 5.74) is 3.19. The van der Waals surface area contributed by atoms with Crippen molar-refractivity contribution in [1.82, 2.24) is 24.8 Å². The molecule has 8 heteroatoms. The summed E-state index contributed by atoms with van der Waals surface area (Å²) < 4.78 is 5.46. The van der Waals surface area contributed by atoms with Crippen molar-refractivity contribution in [3.05, 3.63) is 71.1 Å². The first-order valence-corrected chi connectivity index (χ1v) is 11.4. The number of benzene rings is 2. The highest BCUT2D eigenvalue weighted by Crippen LogP contribution is 2.22. The van der Waals surface area contributed by atoms with E-state index in [9.17, 15) is 9.59 Å². The maximum atomic E-state index is 12.5. The zero-order chi connectivity index (χ0) is 22.8. The van der Waals surface area contributed by atoms with E-state index in [1.165, 1.54) is 10.5 Å². The summed E-state index contributed by atoms with van der Waals surface area (Å²) in [5, 5.41) is 4.12. The molecule has 0 atom stereocenters. The summed E-state index contributed by atoms with van der Waals surface area (Å²) in [6.07, 6.45) is 0.773. The van der Waals surface area contributed by atoms with Gasteiger partial charge in [0.2, 0.25) is 11.7 Å². The van der Waals surface area contributed by atoms with Crippen molar-refractivity contribution in [2.24, 2.45) is 0 Å². The molecule has 0 aliphatic carbocycles. The molecular formula is C25H27N5O3. The molecule has 2 aromatic carbocycles. The summed E-state index contributed by atoms with van der Waals surface area (Å²) in [6, 6.07) is 15.1. The second-order valence-electron chi connectivity index (χ2n) is 8.66. The number of carbonyl (C=O) groups excluding carboxylic acids is 2. The van der Waals surface area contributed by atoms with E-state index in [4.69, 9.17) is 4.52 Å². The predicted octanol–water partition coefficient (Wildman–Crippen LogP) is 2.85. The third-order valence-electron chi connectivity index (χ3n) is 6.34. The van der Waals surface area contributed by atoms with Gasteiger partial charge in [0.1, 0.15) is 0 Å². The molecule has 2 aliphatic heterocycles. The quantitative estimate of drug-likeness (QED) is 0.517. The molecule has 170 valence electrons. The molecule has 0 spiro atoms. The minimum absolute atomic E-state index is 0.176. The van der Waals surface area contributed by atoms with Gasteiger partial charge < -0.3 is 9.42 Å². The third kappa shape index (κ3) is 4.58. The topological polar surface area (TPSA) is 82.8 Å². The van der Waals surface area contributed by atoms with Crippen molar-refractivity contribution < 1.29 is 14.1 Å². The van der Waals surface area contributed by atoms with Crippen LogP contribution in [0.3, 0.4) is 0 Å². The number of rotatable bonds is 7. The van der Waals surface area contributed by atoms with Crippen LogP contribution in [-0.4, -0.2) is 75.9 Å². The molecule has 2 aliphatic rings. The highest BCUT2D eigenvalue weighted by molar-refractivity contribution is 6.21. The van der Waals surface area contributed by atoms with Gasteiger partial charge in [-0.15, -0.1) is 0 Å². The lowest BCUT2D eigenvalue weighted by Gasteiger charge is -2.34. The van der Waals surface area contributed by atoms with Crippen LogP contribution in [0.25, 0.3) is 11.4 Å². The van der Waals surface area contributed by atoms with Crippen LogP contribution in [0, 0.1) is 6.92 Å². The summed E-state index contributed by atoms with van der Waals surface area (Å²) in [6.45, 7) is 7.69. The van der Waals surface area contributed by atoms with Gasteiger partial charge in [0, 0.05) is 38.3 Å². The van der Waals surface area contributed by atoms with Crippen molar-refractivity contribution in [3.8, 4) is 11.4 Å². The minimum Gasteiger partial charge on any atom is -0.338 e. The number of nitrogens with zero attached hydrogens (tertiary/aromatic N) is 5. The average molecular weight is 446 g/mol. The van der Waals surface area contributed by atoms with E-state index in [1.807, 2.05) is 24.3 Å². The van der Waals surface area contributed by atoms with Crippen molar-refractivity contribution in [1.29, 1.82) is 0 Å². The zero-order valence-corrected chi connectivity index (χ0v) is 18.7. The zero-order valence-electron chi connectivity index (χ0n) is 18.7. The van der Waals surface area contributed by atoms with Crippen LogP contribution in [0.2, 0.25) is 0 Å². The lowest BCUT2D eigenvalue weighted by molar-refractivity contribution is 0.0639. The molecule has 8 nitrogen and oxygen atoms in total. The fourth-order valence-electron chi connectivity index (χ4n) is 4.40. The fraction of sp³-hybridized carbons (Fsp3) is 0.360. The second-order valence-corrected chi connectivity index (χ2v) is 8.66. The fourth-order valence-corrected chi connectivity index (χ4v) is 4.40. The maximum absolute atomic E-state index is 12.5. The van der Waals surface area contributed by atoms with Crippen molar-refractivity contribution >= 4 is 11.8 Å². The van der Waals surface area contributed by atoms with E-state index in [2.05, 4.69) is 26.9 Å². The Morgan fingerprint density at radius 1 is 0.848 bits per heavy atom. The van der Waals surface area contributed by atoms with Gasteiger partial charge >= 0.3 is 0 Å². The molecule has 1 fully saturated rings. The van der Waals surface area contributed by atoms with Gasteiger partial charge in [0.05, 0.1) is 17.7 Å². The van der Waals surface area contributed by atoms with Gasteiger partial charge in [-0.3, -0.25) is 19.4 Å². The van der Waals surface area contributed by atoms with Gasteiger partial charge in [-0.25, -0.2) is 0 Å². The van der Waals surface area contributed by atoms with Crippen molar-refractivity contribution in [2.75, 3.05) is 39.3 Å². The molecule has 3 aromatic rings. The number of hydrogen-bond acceptors (Lipinski definition) is 7. The van der Waals surface area contributed by atoms with Gasteiger partial charge in [-0.2, -0.15) is 4.98 Å². The smallest absolute Gasteiger partial charge is 0.261 e. The Hall–Kier alpha value is -3.36. The first-order chi connectivity index (χ1) is 16.1. The van der Waals surface area contributed by atoms with Gasteiger partial charge in [0.15, 0.2) is 0 Å². The molecule has 3 heterocycles. The van der Waals surface area contributed by atoms with E-state index in [0.29, 0.717) is 35.9 Å². The van der Waals surface area contributed by atoms with Crippen LogP contribution < -0.4 is 0 Å². The summed E-state index contributed by atoms with van der Waals surface area (Å²) in [4.78, 5) is 35.6. The number of imide groups is 1. The molecule has 1 aromatic heterocycles. The summed E-state index contributed by atoms with van der Waals surface area (Å²) in [5.74, 6) is 0.899. The van der Waals surface area contributed by atoms with Gasteiger partial charge in [-0.1, -0.05) is 47.1 Å². The van der Waals surface area contributed by atoms with Crippen LogP contribution in [0.4, 0.5) is 0 Å². The SMILES string of the molecule is Cc1ccc(-c2noc(CN3CCN(CCCN4C(=O)c5ccccc5C4=O)CC3)n2)cc1. The molecule has 0 bridgehead atoms. The maximum Gasteiger partial charge on any atom is 0.261 e. The van der Waals surface area contributed by atoms with Crippen molar-refractivity contribution in [2.45, 2.75) is 19.9 Å². The van der Waals surface area contributed by atoms with Gasteiger partial charge in [-0.05, 0) is 32.0 Å². The van der Waals surface area contributed by atoms with E-state index in [1.54, 1.807) is 24.3 Å². The first-order valence-electron chi connectivity index (χ1n) is 11.4. The summed E-state index contributed by atoms with van der Waals surface area (Å²) in [7, 11) is 0. The number of aryl methyl sites for hydroxylation is 1. The highest BCUT2D eigenvalue weighted by Gasteiger charge is 2.34. The van der Waals surface area contributed by atoms with Crippen LogP contribution in [-0.2, 0) is 6.54 Å². The standard InChI is InChI=1S/C25H27N5O3/c1-18-7-9-19(10-8-18)23-26-22(33-27-23)17-29-15-13-28(14-16-29)11-4-12-30-24(31)20-5-2-3-6-21(20)25(30)32/h2-3,5-10H,4,11-17H2,1H3. The van der Waals surface area contributed by atoms with E-state index >= 15 is 0 Å². The molecule has 0 radical (unpaired) electrons. The average Bonchev–Trinajstić information content (AvgIpc) is 3.39. The Bertz CT molecular complexity index is 1110. The number of hydrogen-bond donors (Lipinski definition) is 0. The van der Waals surface area contributed by atoms with Crippen LogP contribution in [0.15, 0.2) is 53.1 Å². The number of carbonyl (C=O) groups is 2. The van der Waals surface area contributed by atoms with E-state index in [0.717, 1.165) is 44.7 Å². The Morgan fingerprint density at radius 3 is 2.15 bits per heavy atom. The normalized spacial score (nSPS) is 17.1. The predicted molar refractivity (Wildman–Crippen MR) is 123 cm³/mol. The van der Waals surface area contributed by atoms with E-state index in [-0.39, 0.29) is 11.8 Å². The van der Waals surface area contributed by atoms with E-state index < -0.39 is 0 Å². The van der Waals surface area contributed by atoms with Crippen LogP contribution in [0.5, 0.6) is 0 Å². The summed E-state index contributed by atoms with van der Waals surface area (Å²) >= 11 is 0. The molecule has 0 N–H and O–H groups in total. The minimum atomic E-state index is -0.176. The Morgan fingerprint density at radius 2 is 1.48 bits per heavy atom. The van der Waals surface area contributed by atoms with Crippen LogP contribution in [0.1, 0.15) is 38.6 Å². The number of aromatic nitrogens is 2. The molecule has 5 rings (SSSR count). The largest absolute Gasteiger partial charge is 0.338 e. The Kier molecular flexibility index (Phi) is 6.02. The second kappa shape index (κ2) is 9.25. The molecule has 1 saturated heterocycles. The number of piperazine rings is 1. The Labute approximate surface area is 192 Å². The Balaban J connectivity index is 1.06. The molecule has 0 unspecified atom stereocenters. The number of fused-ring (bicyclic) bond motifs is 1. The highest BCUT2D eigenvalue weighted by atomic mass is 16.5. The third-order valence-corrected chi connectivity index (χ3v) is 6.34. The molecule has 33 heavy (non-hydrogen) atoms.